The van der Waals surface area contributed by atoms with E-state index in [4.69, 9.17) is 10.5 Å². The lowest BCUT2D eigenvalue weighted by Crippen LogP contribution is -2.22. The highest BCUT2D eigenvalue weighted by atomic mass is 19.2. The molecular weight excluding hydrogens is 262 g/mol. The molecule has 20 heavy (non-hydrogen) atoms. The van der Waals surface area contributed by atoms with Crippen molar-refractivity contribution in [1.29, 1.82) is 0 Å². The van der Waals surface area contributed by atoms with Crippen LogP contribution in [0.25, 0.3) is 0 Å². The summed E-state index contributed by atoms with van der Waals surface area (Å²) in [7, 11) is 1.58. The van der Waals surface area contributed by atoms with Gasteiger partial charge < -0.3 is 15.8 Å². The Hall–Kier alpha value is -2.14. The molecule has 0 saturated carbocycles. The van der Waals surface area contributed by atoms with Crippen molar-refractivity contribution in [3.05, 3.63) is 59.7 Å². The normalized spacial score (nSPS) is 12.0. The average molecular weight is 278 g/mol. The van der Waals surface area contributed by atoms with Crippen molar-refractivity contribution in [2.75, 3.05) is 19.0 Å². The number of anilines is 1. The summed E-state index contributed by atoms with van der Waals surface area (Å²) in [5.74, 6) is -1.03. The van der Waals surface area contributed by atoms with Crippen molar-refractivity contribution in [1.82, 2.24) is 0 Å². The minimum atomic E-state index is -0.877. The molecule has 0 spiro atoms. The zero-order valence-corrected chi connectivity index (χ0v) is 11.1. The second-order valence-corrected chi connectivity index (χ2v) is 4.30. The Balaban J connectivity index is 2.21. The first kappa shape index (κ1) is 14.3. The number of nitrogens with one attached hydrogen (secondary N) is 1. The fourth-order valence-electron chi connectivity index (χ4n) is 1.94. The zero-order chi connectivity index (χ0) is 14.5. The molecule has 3 nitrogen and oxygen atoms in total. The second-order valence-electron chi connectivity index (χ2n) is 4.30. The highest BCUT2D eigenvalue weighted by Gasteiger charge is 2.16. The highest BCUT2D eigenvalue weighted by molar-refractivity contribution is 5.48. The molecule has 1 unspecified atom stereocenters. The number of ether oxygens (including phenoxy) is 1. The summed E-state index contributed by atoms with van der Waals surface area (Å²) in [5.41, 5.74) is 6.62. The van der Waals surface area contributed by atoms with Gasteiger partial charge in [0.05, 0.1) is 13.2 Å². The maximum Gasteiger partial charge on any atom is 0.164 e. The molecule has 0 aliphatic carbocycles. The van der Waals surface area contributed by atoms with Crippen LogP contribution < -0.4 is 15.8 Å². The topological polar surface area (TPSA) is 47.3 Å². The van der Waals surface area contributed by atoms with Gasteiger partial charge in [0.2, 0.25) is 0 Å². The molecule has 0 saturated heterocycles. The lowest BCUT2D eigenvalue weighted by atomic mass is 10.1. The summed E-state index contributed by atoms with van der Waals surface area (Å²) in [6.07, 6.45) is 0. The van der Waals surface area contributed by atoms with Crippen LogP contribution in [0.1, 0.15) is 11.6 Å². The van der Waals surface area contributed by atoms with Crippen LogP contribution in [0.5, 0.6) is 5.75 Å². The van der Waals surface area contributed by atoms with E-state index in [0.29, 0.717) is 0 Å². The molecule has 0 aliphatic rings. The third-order valence-corrected chi connectivity index (χ3v) is 3.02. The molecule has 0 fully saturated rings. The van der Waals surface area contributed by atoms with Gasteiger partial charge in [-0.2, -0.15) is 0 Å². The molecule has 0 radical (unpaired) electrons. The molecule has 3 N–H and O–H groups in total. The van der Waals surface area contributed by atoms with Crippen LogP contribution in [0.2, 0.25) is 0 Å². The van der Waals surface area contributed by atoms with Gasteiger partial charge in [0, 0.05) is 17.8 Å². The number of halogens is 2. The van der Waals surface area contributed by atoms with E-state index < -0.39 is 17.7 Å². The smallest absolute Gasteiger partial charge is 0.164 e. The number of benzene rings is 2. The predicted molar refractivity (Wildman–Crippen MR) is 74.8 cm³/mol. The van der Waals surface area contributed by atoms with Gasteiger partial charge in [-0.3, -0.25) is 0 Å². The predicted octanol–water partition coefficient (Wildman–Crippen LogP) is 3.09. The van der Waals surface area contributed by atoms with Crippen LogP contribution in [0, 0.1) is 11.6 Å². The van der Waals surface area contributed by atoms with Crippen LogP contribution >= 0.6 is 0 Å². The maximum absolute atomic E-state index is 13.8. The Labute approximate surface area is 116 Å². The molecule has 1 atom stereocenters. The standard InChI is InChI=1S/C15H16F2N2O/c1-20-11-7-5-10(6-8-11)19-14(9-18)12-3-2-4-13(16)15(12)17/h2-8,14,19H,9,18H2,1H3. The molecule has 2 aromatic rings. The molecule has 0 aliphatic heterocycles. The number of rotatable bonds is 5. The van der Waals surface area contributed by atoms with Crippen LogP contribution in [0.3, 0.4) is 0 Å². The van der Waals surface area contributed by atoms with Gasteiger partial charge in [-0.15, -0.1) is 0 Å². The monoisotopic (exact) mass is 278 g/mol. The number of nitrogens with two attached hydrogens (primary N) is 1. The first-order chi connectivity index (χ1) is 9.65. The average Bonchev–Trinajstić information content (AvgIpc) is 2.48. The van der Waals surface area contributed by atoms with Crippen LogP contribution in [0.15, 0.2) is 42.5 Å². The zero-order valence-electron chi connectivity index (χ0n) is 11.1. The fraction of sp³-hybridized carbons (Fsp3) is 0.200. The van der Waals surface area contributed by atoms with E-state index in [1.807, 2.05) is 0 Å². The quantitative estimate of drug-likeness (QED) is 0.883. The highest BCUT2D eigenvalue weighted by Crippen LogP contribution is 2.24. The molecule has 2 aromatic carbocycles. The van der Waals surface area contributed by atoms with E-state index in [9.17, 15) is 8.78 Å². The molecule has 0 aromatic heterocycles. The molecule has 106 valence electrons. The summed E-state index contributed by atoms with van der Waals surface area (Å²) < 4.78 is 32.1. The minimum Gasteiger partial charge on any atom is -0.497 e. The van der Waals surface area contributed by atoms with Gasteiger partial charge in [-0.25, -0.2) is 8.78 Å². The van der Waals surface area contributed by atoms with Crippen LogP contribution in [-0.4, -0.2) is 13.7 Å². The van der Waals surface area contributed by atoms with Gasteiger partial charge in [0.1, 0.15) is 5.75 Å². The van der Waals surface area contributed by atoms with Crippen LogP contribution in [0.4, 0.5) is 14.5 Å². The third kappa shape index (κ3) is 3.05. The van der Waals surface area contributed by atoms with Crippen molar-refractivity contribution < 1.29 is 13.5 Å². The molecule has 0 bridgehead atoms. The minimum absolute atomic E-state index is 0.145. The SMILES string of the molecule is COc1ccc(NC(CN)c2cccc(F)c2F)cc1. The van der Waals surface area contributed by atoms with Crippen molar-refractivity contribution in [2.45, 2.75) is 6.04 Å². The Morgan fingerprint density at radius 3 is 2.45 bits per heavy atom. The van der Waals surface area contributed by atoms with E-state index in [2.05, 4.69) is 5.32 Å². The molecule has 0 amide bonds. The third-order valence-electron chi connectivity index (χ3n) is 3.02. The van der Waals surface area contributed by atoms with Crippen molar-refractivity contribution in [3.8, 4) is 5.75 Å². The number of hydrogen-bond acceptors (Lipinski definition) is 3. The Morgan fingerprint density at radius 2 is 1.85 bits per heavy atom. The van der Waals surface area contributed by atoms with E-state index >= 15 is 0 Å². The van der Waals surface area contributed by atoms with E-state index in [1.54, 1.807) is 31.4 Å². The lowest BCUT2D eigenvalue weighted by Gasteiger charge is -2.19. The molecular formula is C15H16F2N2O. The Kier molecular flexibility index (Phi) is 4.53. The van der Waals surface area contributed by atoms with Crippen molar-refractivity contribution in [3.63, 3.8) is 0 Å². The van der Waals surface area contributed by atoms with Crippen LogP contribution in [-0.2, 0) is 0 Å². The number of hydrogen-bond donors (Lipinski definition) is 2. The number of methoxy groups -OCH3 is 1. The van der Waals surface area contributed by atoms with E-state index in [-0.39, 0.29) is 12.1 Å². The summed E-state index contributed by atoms with van der Waals surface area (Å²) in [4.78, 5) is 0. The Bertz CT molecular complexity index is 573. The van der Waals surface area contributed by atoms with Crippen molar-refractivity contribution >= 4 is 5.69 Å². The maximum atomic E-state index is 13.8. The van der Waals surface area contributed by atoms with Gasteiger partial charge in [0.15, 0.2) is 11.6 Å². The molecule has 5 heteroatoms. The fourth-order valence-corrected chi connectivity index (χ4v) is 1.94. The van der Waals surface area contributed by atoms with Gasteiger partial charge in [-0.05, 0) is 30.3 Å². The van der Waals surface area contributed by atoms with Gasteiger partial charge in [0.25, 0.3) is 0 Å². The first-order valence-corrected chi connectivity index (χ1v) is 6.20. The second kappa shape index (κ2) is 6.34. The summed E-state index contributed by atoms with van der Waals surface area (Å²) in [6, 6.07) is 10.7. The van der Waals surface area contributed by atoms with Gasteiger partial charge >= 0.3 is 0 Å². The van der Waals surface area contributed by atoms with E-state index in [1.165, 1.54) is 12.1 Å². The van der Waals surface area contributed by atoms with Gasteiger partial charge in [-0.1, -0.05) is 12.1 Å². The summed E-state index contributed by atoms with van der Waals surface area (Å²) >= 11 is 0. The van der Waals surface area contributed by atoms with Crippen molar-refractivity contribution in [2.24, 2.45) is 5.73 Å². The molecule has 0 heterocycles. The largest absolute Gasteiger partial charge is 0.497 e. The summed E-state index contributed by atoms with van der Waals surface area (Å²) in [6.45, 7) is 0.145. The Morgan fingerprint density at radius 1 is 1.15 bits per heavy atom. The first-order valence-electron chi connectivity index (χ1n) is 6.20. The lowest BCUT2D eigenvalue weighted by molar-refractivity contribution is 0.415. The van der Waals surface area contributed by atoms with E-state index in [0.717, 1.165) is 17.5 Å². The summed E-state index contributed by atoms with van der Waals surface area (Å²) in [5, 5.41) is 3.08. The molecule has 2 rings (SSSR count).